The predicted octanol–water partition coefficient (Wildman–Crippen LogP) is -2.77. The molecular formula is C17H36O10. The molecule has 27 heavy (non-hydrogen) atoms. The molecule has 0 aliphatic heterocycles. The second-order valence-electron chi connectivity index (χ2n) is 7.30. The maximum absolute atomic E-state index is 9.70. The van der Waals surface area contributed by atoms with Gasteiger partial charge in [0.2, 0.25) is 0 Å². The van der Waals surface area contributed by atoms with Gasteiger partial charge in [0.25, 0.3) is 0 Å². The number of aliphatic hydroxyl groups is 6. The summed E-state index contributed by atoms with van der Waals surface area (Å²) in [6, 6.07) is 0. The van der Waals surface area contributed by atoms with Crippen molar-refractivity contribution in [2.75, 3.05) is 93.5 Å². The molecule has 0 aromatic rings. The Morgan fingerprint density at radius 3 is 0.852 bits per heavy atom. The molecule has 164 valence electrons. The van der Waals surface area contributed by atoms with Gasteiger partial charge in [-0.3, -0.25) is 0 Å². The van der Waals surface area contributed by atoms with Gasteiger partial charge in [0.1, 0.15) is 0 Å². The van der Waals surface area contributed by atoms with Crippen molar-refractivity contribution < 1.29 is 49.6 Å². The molecule has 0 aliphatic rings. The van der Waals surface area contributed by atoms with E-state index in [9.17, 15) is 30.6 Å². The highest BCUT2D eigenvalue weighted by molar-refractivity contribution is 4.82. The summed E-state index contributed by atoms with van der Waals surface area (Å²) in [6.45, 7) is -2.42. The summed E-state index contributed by atoms with van der Waals surface area (Å²) in [5.41, 5.74) is -3.12. The van der Waals surface area contributed by atoms with Crippen molar-refractivity contribution >= 4 is 0 Å². The molecule has 0 saturated heterocycles. The third kappa shape index (κ3) is 8.24. The third-order valence-corrected chi connectivity index (χ3v) is 4.55. The fourth-order valence-electron chi connectivity index (χ4n) is 2.40. The Kier molecular flexibility index (Phi) is 13.5. The Morgan fingerprint density at radius 1 is 0.444 bits per heavy atom. The molecule has 0 heterocycles. The van der Waals surface area contributed by atoms with Gasteiger partial charge in [-0.2, -0.15) is 0 Å². The lowest BCUT2D eigenvalue weighted by Crippen LogP contribution is -2.45. The summed E-state index contributed by atoms with van der Waals surface area (Å²) in [5, 5.41) is 57.3. The second kappa shape index (κ2) is 13.7. The first-order valence-electron chi connectivity index (χ1n) is 8.69. The molecule has 0 atom stereocenters. The monoisotopic (exact) mass is 400 g/mol. The van der Waals surface area contributed by atoms with Gasteiger partial charge in [-0.15, -0.1) is 0 Å². The average molecular weight is 400 g/mol. The molecule has 0 bridgehead atoms. The molecule has 0 rings (SSSR count). The lowest BCUT2D eigenvalue weighted by molar-refractivity contribution is -0.130. The Bertz CT molecular complexity index is 324. The van der Waals surface area contributed by atoms with Crippen LogP contribution in [0.15, 0.2) is 0 Å². The first-order chi connectivity index (χ1) is 12.9. The van der Waals surface area contributed by atoms with Crippen molar-refractivity contribution in [1.29, 1.82) is 0 Å². The highest BCUT2D eigenvalue weighted by Gasteiger charge is 2.36. The van der Waals surface area contributed by atoms with Crippen LogP contribution in [0.3, 0.4) is 0 Å². The fraction of sp³-hybridized carbons (Fsp3) is 1.00. The van der Waals surface area contributed by atoms with Gasteiger partial charge in [-0.1, -0.05) is 0 Å². The normalized spacial score (nSPS) is 13.3. The molecule has 10 nitrogen and oxygen atoms in total. The fourth-order valence-corrected chi connectivity index (χ4v) is 2.40. The molecule has 0 radical (unpaired) electrons. The Morgan fingerprint density at radius 2 is 0.667 bits per heavy atom. The highest BCUT2D eigenvalue weighted by Crippen LogP contribution is 2.23. The predicted molar refractivity (Wildman–Crippen MR) is 95.2 cm³/mol. The number of aliphatic hydroxyl groups excluding tert-OH is 6. The molecule has 0 fully saturated rings. The minimum absolute atomic E-state index is 0.0452. The van der Waals surface area contributed by atoms with Crippen LogP contribution in [0.1, 0.15) is 0 Å². The number of hydrogen-bond acceptors (Lipinski definition) is 10. The Hall–Kier alpha value is -0.400. The summed E-state index contributed by atoms with van der Waals surface area (Å²) < 4.78 is 21.1. The summed E-state index contributed by atoms with van der Waals surface area (Å²) in [5.74, 6) is 0. The molecule has 10 heteroatoms. The van der Waals surface area contributed by atoms with E-state index >= 15 is 0 Å². The lowest BCUT2D eigenvalue weighted by atomic mass is 9.90. The minimum Gasteiger partial charge on any atom is -0.396 e. The number of rotatable bonds is 18. The van der Waals surface area contributed by atoms with Crippen LogP contribution in [0, 0.1) is 16.2 Å². The Labute approximate surface area is 160 Å². The van der Waals surface area contributed by atoms with Gasteiger partial charge in [0.05, 0.1) is 95.5 Å². The lowest BCUT2D eigenvalue weighted by Gasteiger charge is -2.35. The summed E-state index contributed by atoms with van der Waals surface area (Å²) in [7, 11) is 2.88. The van der Waals surface area contributed by atoms with Crippen molar-refractivity contribution in [3.8, 4) is 0 Å². The zero-order valence-electron chi connectivity index (χ0n) is 16.3. The number of ether oxygens (including phenoxy) is 4. The first-order valence-corrected chi connectivity index (χ1v) is 8.69. The zero-order chi connectivity index (χ0) is 20.8. The Balaban J connectivity index is 4.79. The van der Waals surface area contributed by atoms with Crippen LogP contribution in [0.2, 0.25) is 0 Å². The molecule has 0 aliphatic carbocycles. The van der Waals surface area contributed by atoms with Crippen molar-refractivity contribution in [2.24, 2.45) is 16.2 Å². The van der Waals surface area contributed by atoms with E-state index in [4.69, 9.17) is 18.9 Å². The van der Waals surface area contributed by atoms with Crippen LogP contribution in [-0.4, -0.2) is 124 Å². The van der Waals surface area contributed by atoms with Crippen LogP contribution in [0.4, 0.5) is 0 Å². The maximum Gasteiger partial charge on any atom is 0.0632 e. The molecule has 0 spiro atoms. The van der Waals surface area contributed by atoms with E-state index in [0.29, 0.717) is 0 Å². The molecule has 0 saturated carbocycles. The van der Waals surface area contributed by atoms with Gasteiger partial charge >= 0.3 is 0 Å². The van der Waals surface area contributed by atoms with E-state index in [1.165, 1.54) is 14.2 Å². The molecule has 0 unspecified atom stereocenters. The summed E-state index contributed by atoms with van der Waals surface area (Å²) in [6.07, 6.45) is 0. The summed E-state index contributed by atoms with van der Waals surface area (Å²) in [4.78, 5) is 0. The van der Waals surface area contributed by atoms with Crippen LogP contribution in [0.5, 0.6) is 0 Å². The van der Waals surface area contributed by atoms with Gasteiger partial charge in [-0.05, 0) is 0 Å². The SMILES string of the molecule is COCC(CO)(CO)COCC(CO)(CO)COCC(CO)(CO)COC. The largest absolute Gasteiger partial charge is 0.396 e. The van der Waals surface area contributed by atoms with Crippen molar-refractivity contribution in [3.05, 3.63) is 0 Å². The average Bonchev–Trinajstić information content (AvgIpc) is 2.71. The van der Waals surface area contributed by atoms with Crippen LogP contribution in [0.25, 0.3) is 0 Å². The molecular weight excluding hydrogens is 364 g/mol. The van der Waals surface area contributed by atoms with Gasteiger partial charge in [0, 0.05) is 14.2 Å². The van der Waals surface area contributed by atoms with E-state index in [1.54, 1.807) is 0 Å². The quantitative estimate of drug-likeness (QED) is 0.142. The standard InChI is InChI=1S/C17H36O10/c1-24-9-15(3-18,4-19)11-26-13-17(7-22,8-23)14-27-12-16(5-20,6-21)10-25-2/h18-23H,3-14H2,1-2H3. The molecule has 0 aromatic carbocycles. The first kappa shape index (κ1) is 26.6. The molecule has 6 N–H and O–H groups in total. The van der Waals surface area contributed by atoms with Crippen LogP contribution < -0.4 is 0 Å². The zero-order valence-corrected chi connectivity index (χ0v) is 16.3. The smallest absolute Gasteiger partial charge is 0.0632 e. The van der Waals surface area contributed by atoms with Crippen molar-refractivity contribution in [2.45, 2.75) is 0 Å². The van der Waals surface area contributed by atoms with E-state index in [-0.39, 0.29) is 66.1 Å². The van der Waals surface area contributed by atoms with E-state index < -0.39 is 29.5 Å². The van der Waals surface area contributed by atoms with Gasteiger partial charge < -0.3 is 49.6 Å². The van der Waals surface area contributed by atoms with E-state index in [1.807, 2.05) is 0 Å². The van der Waals surface area contributed by atoms with Gasteiger partial charge in [0.15, 0.2) is 0 Å². The highest BCUT2D eigenvalue weighted by atomic mass is 16.5. The second-order valence-corrected chi connectivity index (χ2v) is 7.30. The van der Waals surface area contributed by atoms with Crippen LogP contribution in [-0.2, 0) is 18.9 Å². The van der Waals surface area contributed by atoms with Gasteiger partial charge in [-0.25, -0.2) is 0 Å². The van der Waals surface area contributed by atoms with Crippen molar-refractivity contribution in [3.63, 3.8) is 0 Å². The van der Waals surface area contributed by atoms with E-state index in [0.717, 1.165) is 0 Å². The number of hydrogen-bond donors (Lipinski definition) is 6. The molecule has 0 amide bonds. The van der Waals surface area contributed by atoms with Crippen molar-refractivity contribution in [1.82, 2.24) is 0 Å². The topological polar surface area (TPSA) is 158 Å². The minimum atomic E-state index is -1.13. The molecule has 0 aromatic heterocycles. The maximum atomic E-state index is 9.70. The van der Waals surface area contributed by atoms with Crippen LogP contribution >= 0.6 is 0 Å². The number of methoxy groups -OCH3 is 2. The van der Waals surface area contributed by atoms with E-state index in [2.05, 4.69) is 0 Å². The third-order valence-electron chi connectivity index (χ3n) is 4.55. The summed E-state index contributed by atoms with van der Waals surface area (Å²) >= 11 is 0.